The van der Waals surface area contributed by atoms with Crippen LogP contribution in [-0.4, -0.2) is 38.5 Å². The molecule has 8 nitrogen and oxygen atoms in total. The van der Waals surface area contributed by atoms with Crippen LogP contribution in [0.4, 0.5) is 14.9 Å². The van der Waals surface area contributed by atoms with Gasteiger partial charge >= 0.3 is 0 Å². The van der Waals surface area contributed by atoms with E-state index in [1.54, 1.807) is 48.5 Å². The van der Waals surface area contributed by atoms with Crippen molar-refractivity contribution in [2.45, 2.75) is 0 Å². The number of halogens is 3. The van der Waals surface area contributed by atoms with Crippen molar-refractivity contribution in [3.05, 3.63) is 92.9 Å². The van der Waals surface area contributed by atoms with Crippen LogP contribution in [0.2, 0.25) is 5.28 Å². The molecule has 0 spiro atoms. The van der Waals surface area contributed by atoms with Crippen LogP contribution in [0.1, 0.15) is 5.56 Å². The molecule has 190 valence electrons. The minimum Gasteiger partial charge on any atom is -0.436 e. The summed E-state index contributed by atoms with van der Waals surface area (Å²) in [4.78, 5) is 46.6. The number of benzene rings is 3. The Balaban J connectivity index is 1.45. The Morgan fingerprint density at radius 3 is 2.68 bits per heavy atom. The van der Waals surface area contributed by atoms with Gasteiger partial charge in [-0.2, -0.15) is 9.37 Å². The Morgan fingerprint density at radius 2 is 1.89 bits per heavy atom. The first-order valence-corrected chi connectivity index (χ1v) is 13.0. The minimum atomic E-state index is -0.828. The molecule has 1 saturated heterocycles. The zero-order valence-electron chi connectivity index (χ0n) is 19.2. The van der Waals surface area contributed by atoms with Gasteiger partial charge in [-0.05, 0) is 70.5 Å². The molecule has 1 aliphatic rings. The van der Waals surface area contributed by atoms with Gasteiger partial charge in [0.1, 0.15) is 12.3 Å². The Hall–Kier alpha value is -3.80. The van der Waals surface area contributed by atoms with Crippen molar-refractivity contribution < 1.29 is 23.5 Å². The molecule has 0 radical (unpaired) electrons. The van der Waals surface area contributed by atoms with Crippen molar-refractivity contribution in [1.29, 1.82) is 0 Å². The van der Waals surface area contributed by atoms with Crippen LogP contribution in [0.15, 0.2) is 76.2 Å². The number of anilines is 1. The first kappa shape index (κ1) is 25.8. The zero-order valence-corrected chi connectivity index (χ0v) is 22.3. The van der Waals surface area contributed by atoms with Crippen molar-refractivity contribution in [1.82, 2.24) is 14.9 Å². The molecule has 0 bridgehead atoms. The second-order valence-corrected chi connectivity index (χ2v) is 10.2. The number of nitrogens with one attached hydrogen (secondary N) is 1. The lowest BCUT2D eigenvalue weighted by Crippen LogP contribution is -2.36. The first-order chi connectivity index (χ1) is 18.3. The quantitative estimate of drug-likeness (QED) is 0.192. The largest absolute Gasteiger partial charge is 0.436 e. The van der Waals surface area contributed by atoms with Gasteiger partial charge in [0, 0.05) is 15.7 Å². The van der Waals surface area contributed by atoms with Crippen LogP contribution in [0, 0.1) is 5.82 Å². The van der Waals surface area contributed by atoms with Gasteiger partial charge in [-0.25, -0.2) is 4.98 Å². The molecule has 1 N–H and O–H groups in total. The predicted molar refractivity (Wildman–Crippen MR) is 146 cm³/mol. The summed E-state index contributed by atoms with van der Waals surface area (Å²) >= 11 is 9.81. The second-order valence-electron chi connectivity index (χ2n) is 7.92. The molecule has 12 heteroatoms. The van der Waals surface area contributed by atoms with E-state index in [0.29, 0.717) is 28.4 Å². The number of hydrogen-bond donors (Lipinski definition) is 1. The summed E-state index contributed by atoms with van der Waals surface area (Å²) in [5.74, 6) is -2.21. The highest BCUT2D eigenvalue weighted by Gasteiger charge is 2.36. The second kappa shape index (κ2) is 10.9. The van der Waals surface area contributed by atoms with Crippen LogP contribution in [0.25, 0.3) is 16.8 Å². The number of carbonyl (C=O) groups excluding carboxylic acids is 3. The molecule has 3 aromatic carbocycles. The van der Waals surface area contributed by atoms with E-state index in [1.807, 2.05) is 12.1 Å². The molecule has 1 aromatic heterocycles. The van der Waals surface area contributed by atoms with Crippen LogP contribution in [0.5, 0.6) is 11.6 Å². The average molecular weight is 614 g/mol. The number of amides is 3. The lowest BCUT2D eigenvalue weighted by Gasteiger charge is -2.13. The monoisotopic (exact) mass is 612 g/mol. The Kier molecular flexibility index (Phi) is 7.41. The molecule has 0 aliphatic carbocycles. The third-order valence-corrected chi connectivity index (χ3v) is 7.02. The van der Waals surface area contributed by atoms with Gasteiger partial charge in [-0.15, -0.1) is 0 Å². The summed E-state index contributed by atoms with van der Waals surface area (Å²) in [6, 6.07) is 17.5. The van der Waals surface area contributed by atoms with E-state index in [0.717, 1.165) is 21.0 Å². The standard InChI is InChI=1S/C26H15BrClFN4O4S/c27-15-6-8-16(9-7-15)31-22(34)13-33-24(35)21(38-26(33)36)11-18-17-4-2-1-3-14(17)5-10-20(18)37-23-19(29)12-30-25(28)32-23/h1-12H,13H2,(H,31,34)/b21-11+. The van der Waals surface area contributed by atoms with Gasteiger partial charge in [0.05, 0.1) is 11.1 Å². The van der Waals surface area contributed by atoms with Gasteiger partial charge in [-0.3, -0.25) is 19.3 Å². The van der Waals surface area contributed by atoms with Gasteiger partial charge in [0.15, 0.2) is 0 Å². The van der Waals surface area contributed by atoms with Crippen molar-refractivity contribution in [3.8, 4) is 11.6 Å². The molecule has 1 aliphatic heterocycles. The number of aromatic nitrogens is 2. The fourth-order valence-electron chi connectivity index (χ4n) is 3.67. The third kappa shape index (κ3) is 5.54. The maximum atomic E-state index is 14.3. The molecule has 2 heterocycles. The summed E-state index contributed by atoms with van der Waals surface area (Å²) < 4.78 is 20.9. The number of rotatable bonds is 6. The topological polar surface area (TPSA) is 101 Å². The van der Waals surface area contributed by atoms with Crippen LogP contribution < -0.4 is 10.1 Å². The minimum absolute atomic E-state index is 0.0776. The Morgan fingerprint density at radius 1 is 1.13 bits per heavy atom. The molecule has 38 heavy (non-hydrogen) atoms. The van der Waals surface area contributed by atoms with Gasteiger partial charge in [-0.1, -0.05) is 46.3 Å². The third-order valence-electron chi connectivity index (χ3n) is 5.40. The average Bonchev–Trinajstić information content (AvgIpc) is 3.16. The van der Waals surface area contributed by atoms with Crippen molar-refractivity contribution in [2.75, 3.05) is 11.9 Å². The highest BCUT2D eigenvalue weighted by Crippen LogP contribution is 2.38. The molecule has 5 rings (SSSR count). The molecule has 0 atom stereocenters. The molecule has 0 unspecified atom stereocenters. The molecule has 3 amide bonds. The lowest BCUT2D eigenvalue weighted by molar-refractivity contribution is -0.127. The molecular formula is C26H15BrClFN4O4S. The predicted octanol–water partition coefficient (Wildman–Crippen LogP) is 6.65. The fourth-order valence-corrected chi connectivity index (χ4v) is 4.88. The molecule has 4 aromatic rings. The van der Waals surface area contributed by atoms with E-state index >= 15 is 0 Å². The van der Waals surface area contributed by atoms with Crippen LogP contribution >= 0.6 is 39.3 Å². The van der Waals surface area contributed by atoms with E-state index < -0.39 is 35.3 Å². The summed E-state index contributed by atoms with van der Waals surface area (Å²) in [5, 5.41) is 3.37. The van der Waals surface area contributed by atoms with Gasteiger partial charge in [0.25, 0.3) is 17.0 Å². The number of nitrogens with zero attached hydrogens (tertiary/aromatic N) is 3. The van der Waals surface area contributed by atoms with Crippen molar-refractivity contribution in [3.63, 3.8) is 0 Å². The maximum absolute atomic E-state index is 14.3. The zero-order chi connectivity index (χ0) is 26.8. The normalized spacial score (nSPS) is 14.4. The van der Waals surface area contributed by atoms with E-state index in [-0.39, 0.29) is 15.9 Å². The number of fused-ring (bicyclic) bond motifs is 1. The SMILES string of the molecule is O=C(CN1C(=O)S/C(=C/c2c(Oc3nc(Cl)ncc3F)ccc3ccccc23)C1=O)Nc1ccc(Br)cc1. The number of thioether (sulfide) groups is 1. The van der Waals surface area contributed by atoms with E-state index in [9.17, 15) is 18.8 Å². The molecule has 0 saturated carbocycles. The Labute approximate surface area is 233 Å². The number of ether oxygens (including phenoxy) is 1. The highest BCUT2D eigenvalue weighted by molar-refractivity contribution is 9.10. The number of hydrogen-bond acceptors (Lipinski definition) is 7. The van der Waals surface area contributed by atoms with Crippen LogP contribution in [0.3, 0.4) is 0 Å². The summed E-state index contributed by atoms with van der Waals surface area (Å²) in [6.45, 7) is -0.457. The van der Waals surface area contributed by atoms with E-state index in [2.05, 4.69) is 31.2 Å². The summed E-state index contributed by atoms with van der Waals surface area (Å²) in [6.07, 6.45) is 2.37. The maximum Gasteiger partial charge on any atom is 0.294 e. The summed E-state index contributed by atoms with van der Waals surface area (Å²) in [5.41, 5.74) is 0.942. The number of carbonyl (C=O) groups is 3. The first-order valence-electron chi connectivity index (χ1n) is 11.0. The lowest BCUT2D eigenvalue weighted by atomic mass is 10.0. The van der Waals surface area contributed by atoms with Crippen molar-refractivity contribution in [2.24, 2.45) is 0 Å². The highest BCUT2D eigenvalue weighted by atomic mass is 79.9. The van der Waals surface area contributed by atoms with Crippen molar-refractivity contribution >= 4 is 78.9 Å². The fraction of sp³-hybridized carbons (Fsp3) is 0.0385. The summed E-state index contributed by atoms with van der Waals surface area (Å²) in [7, 11) is 0. The van der Waals surface area contributed by atoms with E-state index in [4.69, 9.17) is 16.3 Å². The Bertz CT molecular complexity index is 1630. The molecule has 1 fully saturated rings. The van der Waals surface area contributed by atoms with E-state index in [1.165, 1.54) is 6.08 Å². The smallest absolute Gasteiger partial charge is 0.294 e. The number of imide groups is 1. The van der Waals surface area contributed by atoms with Gasteiger partial charge < -0.3 is 10.1 Å². The van der Waals surface area contributed by atoms with Crippen LogP contribution in [-0.2, 0) is 9.59 Å². The van der Waals surface area contributed by atoms with Gasteiger partial charge in [0.2, 0.25) is 17.0 Å². The molecular weight excluding hydrogens is 599 g/mol.